The Morgan fingerprint density at radius 2 is 2.12 bits per heavy atom. The molecule has 0 saturated heterocycles. The van der Waals surface area contributed by atoms with Gasteiger partial charge in [-0.15, -0.1) is 0 Å². The van der Waals surface area contributed by atoms with Crippen molar-refractivity contribution < 1.29 is 5.11 Å². The van der Waals surface area contributed by atoms with E-state index in [-0.39, 0.29) is 5.75 Å². The molecule has 4 unspecified atom stereocenters. The summed E-state index contributed by atoms with van der Waals surface area (Å²) < 4.78 is 2.06. The number of nitrogen functional groups attached to an aromatic ring is 1. The Balaban J connectivity index is 1.54. The van der Waals surface area contributed by atoms with E-state index in [1.165, 1.54) is 25.7 Å². The van der Waals surface area contributed by atoms with Gasteiger partial charge >= 0.3 is 0 Å². The lowest BCUT2D eigenvalue weighted by Gasteiger charge is -2.29. The Kier molecular flexibility index (Phi) is 3.14. The van der Waals surface area contributed by atoms with Gasteiger partial charge in [-0.05, 0) is 56.1 Å². The molecule has 2 aliphatic carbocycles. The largest absolute Gasteiger partial charge is 0.505 e. The van der Waals surface area contributed by atoms with Crippen LogP contribution in [0, 0.1) is 17.8 Å². The Labute approximate surface area is 146 Å². The van der Waals surface area contributed by atoms with Gasteiger partial charge in [-0.25, -0.2) is 4.98 Å². The number of aromatic hydroxyl groups is 1. The maximum atomic E-state index is 10.6. The number of benzene rings is 1. The highest BCUT2D eigenvalue weighted by atomic mass is 16.3. The van der Waals surface area contributed by atoms with Gasteiger partial charge < -0.3 is 20.4 Å². The van der Waals surface area contributed by atoms with Gasteiger partial charge in [0.25, 0.3) is 0 Å². The second-order valence-corrected chi connectivity index (χ2v) is 7.86. The van der Waals surface area contributed by atoms with Crippen molar-refractivity contribution in [1.29, 1.82) is 0 Å². The first-order valence-corrected chi connectivity index (χ1v) is 9.26. The van der Waals surface area contributed by atoms with Crippen LogP contribution in [-0.2, 0) is 0 Å². The number of rotatable bonds is 3. The van der Waals surface area contributed by atoms with Crippen LogP contribution in [0.5, 0.6) is 5.75 Å². The van der Waals surface area contributed by atoms with E-state index in [9.17, 15) is 5.11 Å². The van der Waals surface area contributed by atoms with Crippen LogP contribution in [0.3, 0.4) is 0 Å². The first-order valence-electron chi connectivity index (χ1n) is 9.26. The Morgan fingerprint density at radius 3 is 2.84 bits per heavy atom. The van der Waals surface area contributed by atoms with Crippen molar-refractivity contribution in [3.05, 3.63) is 30.5 Å². The minimum absolute atomic E-state index is 0.201. The fourth-order valence-electron chi connectivity index (χ4n) is 5.27. The molecule has 0 radical (unpaired) electrons. The van der Waals surface area contributed by atoms with Crippen LogP contribution < -0.4 is 5.73 Å². The van der Waals surface area contributed by atoms with Crippen LogP contribution in [0.25, 0.3) is 22.4 Å². The number of imidazole rings is 1. The van der Waals surface area contributed by atoms with Crippen molar-refractivity contribution >= 4 is 16.9 Å². The fourth-order valence-corrected chi connectivity index (χ4v) is 5.27. The minimum atomic E-state index is 0.201. The number of H-pyrrole nitrogens is 1. The lowest BCUT2D eigenvalue weighted by Crippen LogP contribution is -2.22. The molecule has 5 heteroatoms. The first-order chi connectivity index (χ1) is 12.1. The van der Waals surface area contributed by atoms with Gasteiger partial charge in [-0.3, -0.25) is 0 Å². The molecule has 130 valence electrons. The Bertz CT molecular complexity index is 907. The average Bonchev–Trinajstić information content (AvgIpc) is 3.36. The summed E-state index contributed by atoms with van der Waals surface area (Å²) in [6, 6.07) is 8.17. The number of aromatic nitrogens is 3. The van der Waals surface area contributed by atoms with E-state index in [2.05, 4.69) is 21.5 Å². The van der Waals surface area contributed by atoms with Crippen LogP contribution in [0.2, 0.25) is 0 Å². The van der Waals surface area contributed by atoms with Crippen molar-refractivity contribution in [2.75, 3.05) is 5.73 Å². The van der Waals surface area contributed by atoms with Crippen LogP contribution in [0.1, 0.15) is 38.6 Å². The maximum absolute atomic E-state index is 10.6. The molecule has 3 aromatic rings. The monoisotopic (exact) mass is 336 g/mol. The van der Waals surface area contributed by atoms with E-state index in [1.54, 1.807) is 6.20 Å². The van der Waals surface area contributed by atoms with E-state index in [0.29, 0.717) is 29.2 Å². The molecule has 5 rings (SSSR count). The number of para-hydroxylation sites is 2. The molecule has 4 N–H and O–H groups in total. The molecule has 2 saturated carbocycles. The number of hydrogen-bond donors (Lipinski definition) is 3. The van der Waals surface area contributed by atoms with Crippen LogP contribution in [0.4, 0.5) is 5.82 Å². The zero-order chi connectivity index (χ0) is 17.1. The lowest BCUT2D eigenvalue weighted by atomic mass is 9.84. The van der Waals surface area contributed by atoms with Crippen LogP contribution in [0.15, 0.2) is 30.5 Å². The van der Waals surface area contributed by atoms with Crippen molar-refractivity contribution in [3.8, 4) is 17.1 Å². The van der Waals surface area contributed by atoms with Gasteiger partial charge in [0.2, 0.25) is 0 Å². The summed E-state index contributed by atoms with van der Waals surface area (Å²) in [6.07, 6.45) is 7.20. The predicted molar refractivity (Wildman–Crippen MR) is 99.2 cm³/mol. The molecule has 2 aliphatic rings. The lowest BCUT2D eigenvalue weighted by molar-refractivity contribution is 0.244. The summed E-state index contributed by atoms with van der Waals surface area (Å²) >= 11 is 0. The minimum Gasteiger partial charge on any atom is -0.505 e. The van der Waals surface area contributed by atoms with Gasteiger partial charge in [0.1, 0.15) is 23.0 Å². The smallest absolute Gasteiger partial charge is 0.146 e. The molecular formula is C20H24N4O. The average molecular weight is 336 g/mol. The van der Waals surface area contributed by atoms with E-state index in [4.69, 9.17) is 5.73 Å². The fraction of sp³-hybridized carbons (Fsp3) is 0.450. The Hall–Kier alpha value is -2.43. The zero-order valence-electron chi connectivity index (χ0n) is 14.4. The van der Waals surface area contributed by atoms with Gasteiger partial charge in [0.15, 0.2) is 0 Å². The van der Waals surface area contributed by atoms with Gasteiger partial charge in [0, 0.05) is 12.2 Å². The quantitative estimate of drug-likeness (QED) is 0.666. The third kappa shape index (κ3) is 2.18. The van der Waals surface area contributed by atoms with E-state index in [1.807, 2.05) is 24.3 Å². The maximum Gasteiger partial charge on any atom is 0.146 e. The SMILES string of the molecule is CC(C1CC2CCC1C2)n1cc(O)c(-c2nc3ccccc3[nH]2)c1N. The van der Waals surface area contributed by atoms with Crippen LogP contribution >= 0.6 is 0 Å². The Morgan fingerprint density at radius 1 is 1.28 bits per heavy atom. The third-order valence-corrected chi connectivity index (χ3v) is 6.53. The number of anilines is 1. The second kappa shape index (κ2) is 5.28. The normalized spacial score (nSPS) is 26.5. The van der Waals surface area contributed by atoms with E-state index < -0.39 is 0 Å². The van der Waals surface area contributed by atoms with Crippen LogP contribution in [-0.4, -0.2) is 19.6 Å². The van der Waals surface area contributed by atoms with E-state index in [0.717, 1.165) is 22.9 Å². The highest BCUT2D eigenvalue weighted by molar-refractivity contribution is 5.84. The van der Waals surface area contributed by atoms with Gasteiger partial charge in [-0.2, -0.15) is 0 Å². The second-order valence-electron chi connectivity index (χ2n) is 7.86. The highest BCUT2D eigenvalue weighted by Gasteiger charge is 2.42. The number of nitrogens with one attached hydrogen (secondary N) is 1. The van der Waals surface area contributed by atoms with Crippen molar-refractivity contribution in [1.82, 2.24) is 14.5 Å². The standard InChI is InChI=1S/C20H24N4O/c1-11(14-9-12-6-7-13(14)8-12)24-10-17(25)18(19(24)21)20-22-15-4-2-3-5-16(15)23-20/h2-5,10-14,25H,6-9,21H2,1H3,(H,22,23). The molecule has 25 heavy (non-hydrogen) atoms. The predicted octanol–water partition coefficient (Wildman–Crippen LogP) is 4.32. The summed E-state index contributed by atoms with van der Waals surface area (Å²) in [5, 5.41) is 10.6. The summed E-state index contributed by atoms with van der Waals surface area (Å²) in [5.41, 5.74) is 8.91. The summed E-state index contributed by atoms with van der Waals surface area (Å²) in [4.78, 5) is 7.88. The molecule has 0 amide bonds. The number of aromatic amines is 1. The zero-order valence-corrected chi connectivity index (χ0v) is 14.4. The molecule has 0 aliphatic heterocycles. The summed E-state index contributed by atoms with van der Waals surface area (Å²) in [7, 11) is 0. The molecule has 2 heterocycles. The number of hydrogen-bond acceptors (Lipinski definition) is 3. The molecule has 2 bridgehead atoms. The van der Waals surface area contributed by atoms with E-state index >= 15 is 0 Å². The molecule has 4 atom stereocenters. The number of nitrogens with two attached hydrogens (primary N) is 1. The molecule has 2 fully saturated rings. The highest BCUT2D eigenvalue weighted by Crippen LogP contribution is 2.53. The number of fused-ring (bicyclic) bond motifs is 3. The molecule has 5 nitrogen and oxygen atoms in total. The molecule has 2 aromatic heterocycles. The van der Waals surface area contributed by atoms with Gasteiger partial charge in [0.05, 0.1) is 11.0 Å². The topological polar surface area (TPSA) is 79.9 Å². The van der Waals surface area contributed by atoms with Crippen molar-refractivity contribution in [2.24, 2.45) is 17.8 Å². The summed E-state index contributed by atoms with van der Waals surface area (Å²) in [6.45, 7) is 2.24. The molecule has 0 spiro atoms. The molecule has 1 aromatic carbocycles. The molecular weight excluding hydrogens is 312 g/mol. The number of nitrogens with zero attached hydrogens (tertiary/aromatic N) is 2. The van der Waals surface area contributed by atoms with Crippen molar-refractivity contribution in [2.45, 2.75) is 38.6 Å². The summed E-state index contributed by atoms with van der Waals surface area (Å²) in [5.74, 6) is 3.82. The first kappa shape index (κ1) is 14.9. The van der Waals surface area contributed by atoms with Gasteiger partial charge in [-0.1, -0.05) is 18.6 Å². The third-order valence-electron chi connectivity index (χ3n) is 6.53. The van der Waals surface area contributed by atoms with Crippen molar-refractivity contribution in [3.63, 3.8) is 0 Å².